The van der Waals surface area contributed by atoms with Crippen LogP contribution in [-0.2, 0) is 11.2 Å². The van der Waals surface area contributed by atoms with Gasteiger partial charge in [0.05, 0.1) is 19.6 Å². The fraction of sp³-hybridized carbons (Fsp3) is 0.235. The van der Waals surface area contributed by atoms with Crippen molar-refractivity contribution in [2.75, 3.05) is 7.11 Å². The second kappa shape index (κ2) is 6.88. The van der Waals surface area contributed by atoms with Crippen molar-refractivity contribution in [2.24, 2.45) is 0 Å². The van der Waals surface area contributed by atoms with Crippen molar-refractivity contribution >= 4 is 5.91 Å². The van der Waals surface area contributed by atoms with E-state index in [-0.39, 0.29) is 17.8 Å². The number of methoxy groups -OCH3 is 1. The summed E-state index contributed by atoms with van der Waals surface area (Å²) in [6.45, 7) is 1.87. The number of hydrogen-bond acceptors (Lipinski definition) is 2. The third kappa shape index (κ3) is 4.31. The number of carbonyl (C=O) groups excluding carboxylic acids is 1. The largest absolute Gasteiger partial charge is 0.497 e. The fourth-order valence-electron chi connectivity index (χ4n) is 2.06. The van der Waals surface area contributed by atoms with Gasteiger partial charge in [-0.25, -0.2) is 4.39 Å². The molecule has 0 aliphatic rings. The van der Waals surface area contributed by atoms with Crippen LogP contribution < -0.4 is 10.1 Å². The molecule has 0 heterocycles. The van der Waals surface area contributed by atoms with Gasteiger partial charge in [-0.2, -0.15) is 0 Å². The number of hydrogen-bond donors (Lipinski definition) is 1. The lowest BCUT2D eigenvalue weighted by Crippen LogP contribution is -2.28. The van der Waals surface area contributed by atoms with E-state index in [0.29, 0.717) is 6.42 Å². The summed E-state index contributed by atoms with van der Waals surface area (Å²) in [4.78, 5) is 12.0. The molecule has 0 spiro atoms. The predicted octanol–water partition coefficient (Wildman–Crippen LogP) is 3.25. The van der Waals surface area contributed by atoms with E-state index in [0.717, 1.165) is 16.9 Å². The molecule has 1 amide bonds. The number of halogens is 1. The highest BCUT2D eigenvalue weighted by atomic mass is 19.1. The van der Waals surface area contributed by atoms with E-state index >= 15 is 0 Å². The van der Waals surface area contributed by atoms with Crippen LogP contribution in [0, 0.1) is 5.82 Å². The summed E-state index contributed by atoms with van der Waals surface area (Å²) in [5.74, 6) is 0.409. The van der Waals surface area contributed by atoms with Crippen molar-refractivity contribution in [3.8, 4) is 5.75 Å². The molecule has 0 aliphatic carbocycles. The van der Waals surface area contributed by atoms with Gasteiger partial charge in [-0.05, 0) is 42.3 Å². The van der Waals surface area contributed by atoms with Crippen molar-refractivity contribution in [1.82, 2.24) is 5.32 Å². The van der Waals surface area contributed by atoms with Gasteiger partial charge in [0.2, 0.25) is 5.91 Å². The SMILES string of the molecule is COc1ccc(CC(=O)N[C@H](C)c2ccc(F)cc2)cc1. The topological polar surface area (TPSA) is 38.3 Å². The maximum absolute atomic E-state index is 12.9. The van der Waals surface area contributed by atoms with Crippen LogP contribution in [0.4, 0.5) is 4.39 Å². The number of benzene rings is 2. The Labute approximate surface area is 123 Å². The second-order valence-electron chi connectivity index (χ2n) is 4.87. The third-order valence-corrected chi connectivity index (χ3v) is 3.27. The van der Waals surface area contributed by atoms with Crippen LogP contribution in [0.5, 0.6) is 5.75 Å². The van der Waals surface area contributed by atoms with E-state index in [1.54, 1.807) is 19.2 Å². The summed E-state index contributed by atoms with van der Waals surface area (Å²) < 4.78 is 17.9. The molecular weight excluding hydrogens is 269 g/mol. The van der Waals surface area contributed by atoms with Crippen LogP contribution in [0.1, 0.15) is 24.1 Å². The zero-order valence-corrected chi connectivity index (χ0v) is 12.1. The van der Waals surface area contributed by atoms with Gasteiger partial charge in [0.25, 0.3) is 0 Å². The van der Waals surface area contributed by atoms with Crippen molar-refractivity contribution in [3.05, 3.63) is 65.5 Å². The quantitative estimate of drug-likeness (QED) is 0.916. The van der Waals surface area contributed by atoms with Crippen LogP contribution in [0.25, 0.3) is 0 Å². The Morgan fingerprint density at radius 3 is 2.33 bits per heavy atom. The highest BCUT2D eigenvalue weighted by Crippen LogP contribution is 2.14. The molecule has 0 aliphatic heterocycles. The first-order chi connectivity index (χ1) is 10.1. The van der Waals surface area contributed by atoms with Crippen molar-refractivity contribution in [3.63, 3.8) is 0 Å². The lowest BCUT2D eigenvalue weighted by atomic mass is 10.1. The van der Waals surface area contributed by atoms with Gasteiger partial charge >= 0.3 is 0 Å². The molecule has 3 nitrogen and oxygen atoms in total. The van der Waals surface area contributed by atoms with E-state index in [1.165, 1.54) is 12.1 Å². The maximum Gasteiger partial charge on any atom is 0.224 e. The number of nitrogens with one attached hydrogen (secondary N) is 1. The van der Waals surface area contributed by atoms with Gasteiger partial charge in [-0.15, -0.1) is 0 Å². The van der Waals surface area contributed by atoms with Crippen molar-refractivity contribution < 1.29 is 13.9 Å². The average Bonchev–Trinajstić information content (AvgIpc) is 2.48. The number of ether oxygens (including phenoxy) is 1. The van der Waals surface area contributed by atoms with E-state index in [9.17, 15) is 9.18 Å². The Bertz CT molecular complexity index is 593. The van der Waals surface area contributed by atoms with Gasteiger partial charge in [-0.1, -0.05) is 24.3 Å². The molecule has 21 heavy (non-hydrogen) atoms. The van der Waals surface area contributed by atoms with Gasteiger partial charge in [-0.3, -0.25) is 4.79 Å². The minimum atomic E-state index is -0.282. The fourth-order valence-corrected chi connectivity index (χ4v) is 2.06. The molecule has 0 bridgehead atoms. The maximum atomic E-state index is 12.9. The molecule has 0 unspecified atom stereocenters. The molecule has 110 valence electrons. The summed E-state index contributed by atoms with van der Waals surface area (Å²) in [5, 5.41) is 2.90. The van der Waals surface area contributed by atoms with E-state index in [1.807, 2.05) is 31.2 Å². The van der Waals surface area contributed by atoms with Gasteiger partial charge < -0.3 is 10.1 Å². The Morgan fingerprint density at radius 1 is 1.14 bits per heavy atom. The zero-order valence-electron chi connectivity index (χ0n) is 12.1. The molecule has 0 fully saturated rings. The minimum absolute atomic E-state index is 0.0722. The summed E-state index contributed by atoms with van der Waals surface area (Å²) >= 11 is 0. The smallest absolute Gasteiger partial charge is 0.224 e. The van der Waals surface area contributed by atoms with Crippen LogP contribution in [0.3, 0.4) is 0 Å². The first-order valence-corrected chi connectivity index (χ1v) is 6.76. The Kier molecular flexibility index (Phi) is 4.93. The molecule has 0 saturated heterocycles. The van der Waals surface area contributed by atoms with Crippen molar-refractivity contribution in [2.45, 2.75) is 19.4 Å². The summed E-state index contributed by atoms with van der Waals surface area (Å²) in [5.41, 5.74) is 1.79. The minimum Gasteiger partial charge on any atom is -0.497 e. The summed E-state index contributed by atoms with van der Waals surface area (Å²) in [6.07, 6.45) is 0.301. The lowest BCUT2D eigenvalue weighted by molar-refractivity contribution is -0.121. The first-order valence-electron chi connectivity index (χ1n) is 6.76. The van der Waals surface area contributed by atoms with Gasteiger partial charge in [0, 0.05) is 0 Å². The summed E-state index contributed by atoms with van der Waals surface area (Å²) in [7, 11) is 1.60. The van der Waals surface area contributed by atoms with Gasteiger partial charge in [0.1, 0.15) is 11.6 Å². The molecule has 2 aromatic carbocycles. The number of rotatable bonds is 5. The van der Waals surface area contributed by atoms with Crippen LogP contribution in [0.2, 0.25) is 0 Å². The van der Waals surface area contributed by atoms with E-state index < -0.39 is 0 Å². The monoisotopic (exact) mass is 287 g/mol. The molecule has 1 atom stereocenters. The van der Waals surface area contributed by atoms with Gasteiger partial charge in [0.15, 0.2) is 0 Å². The van der Waals surface area contributed by atoms with Crippen molar-refractivity contribution in [1.29, 1.82) is 0 Å². The van der Waals surface area contributed by atoms with E-state index in [4.69, 9.17) is 4.74 Å². The standard InChI is InChI=1S/C17H18FNO2/c1-12(14-5-7-15(18)8-6-14)19-17(20)11-13-3-9-16(21-2)10-4-13/h3-10,12H,11H2,1-2H3,(H,19,20)/t12-/m1/s1. The van der Waals surface area contributed by atoms with Crippen LogP contribution in [-0.4, -0.2) is 13.0 Å². The highest BCUT2D eigenvalue weighted by molar-refractivity contribution is 5.79. The molecule has 2 aromatic rings. The molecule has 1 N–H and O–H groups in total. The lowest BCUT2D eigenvalue weighted by Gasteiger charge is -2.14. The Hall–Kier alpha value is -2.36. The summed E-state index contributed by atoms with van der Waals surface area (Å²) in [6, 6.07) is 13.3. The first kappa shape index (κ1) is 15.0. The number of amides is 1. The molecule has 0 saturated carbocycles. The Balaban J connectivity index is 1.92. The normalized spacial score (nSPS) is 11.8. The second-order valence-corrected chi connectivity index (χ2v) is 4.87. The predicted molar refractivity (Wildman–Crippen MR) is 79.7 cm³/mol. The van der Waals surface area contributed by atoms with Crippen LogP contribution >= 0.6 is 0 Å². The number of carbonyl (C=O) groups is 1. The molecule has 0 radical (unpaired) electrons. The highest BCUT2D eigenvalue weighted by Gasteiger charge is 2.10. The van der Waals surface area contributed by atoms with Crippen LogP contribution in [0.15, 0.2) is 48.5 Å². The molecular formula is C17H18FNO2. The molecule has 2 rings (SSSR count). The molecule has 4 heteroatoms. The average molecular weight is 287 g/mol. The van der Waals surface area contributed by atoms with E-state index in [2.05, 4.69) is 5.32 Å². The zero-order chi connectivity index (χ0) is 15.2. The Morgan fingerprint density at radius 2 is 1.76 bits per heavy atom. The molecule has 0 aromatic heterocycles. The third-order valence-electron chi connectivity index (χ3n) is 3.27.